The number of thioether (sulfide) groups is 1. The van der Waals surface area contributed by atoms with Gasteiger partial charge in [-0.15, -0.1) is 11.6 Å². The van der Waals surface area contributed by atoms with E-state index >= 15 is 0 Å². The zero-order valence-electron chi connectivity index (χ0n) is 8.16. The Morgan fingerprint density at radius 3 is 2.80 bits per heavy atom. The van der Waals surface area contributed by atoms with Crippen LogP contribution in [0.3, 0.4) is 0 Å². The van der Waals surface area contributed by atoms with Crippen molar-refractivity contribution >= 4 is 40.4 Å². The third kappa shape index (κ3) is 3.39. The molecule has 0 aromatic rings. The third-order valence-corrected chi connectivity index (χ3v) is 2.89. The first-order chi connectivity index (χ1) is 7.02. The van der Waals surface area contributed by atoms with Crippen LogP contribution in [0.5, 0.6) is 0 Å². The van der Waals surface area contributed by atoms with E-state index < -0.39 is 5.38 Å². The average molecular weight is 251 g/mol. The highest BCUT2D eigenvalue weighted by Crippen LogP contribution is 2.17. The van der Waals surface area contributed by atoms with Crippen molar-refractivity contribution in [2.24, 2.45) is 0 Å². The van der Waals surface area contributed by atoms with Crippen molar-refractivity contribution in [3.05, 3.63) is 0 Å². The van der Waals surface area contributed by atoms with E-state index in [0.717, 1.165) is 16.7 Å². The molecule has 1 atom stereocenters. The van der Waals surface area contributed by atoms with Gasteiger partial charge in [-0.05, 0) is 6.92 Å². The average Bonchev–Trinajstić information content (AvgIpc) is 2.48. The van der Waals surface area contributed by atoms with Crippen LogP contribution in [-0.4, -0.2) is 46.2 Å². The molecule has 0 bridgehead atoms. The highest BCUT2D eigenvalue weighted by Gasteiger charge is 2.29. The normalized spacial score (nSPS) is 18.1. The van der Waals surface area contributed by atoms with Crippen molar-refractivity contribution in [2.75, 3.05) is 18.8 Å². The second-order valence-corrected chi connectivity index (χ2v) is 4.59. The van der Waals surface area contributed by atoms with E-state index in [0.29, 0.717) is 0 Å². The number of carbonyl (C=O) groups excluding carboxylic acids is 3. The van der Waals surface area contributed by atoms with Crippen LogP contribution in [0.4, 0.5) is 4.79 Å². The van der Waals surface area contributed by atoms with E-state index in [1.165, 1.54) is 0 Å². The van der Waals surface area contributed by atoms with Gasteiger partial charge in [0.15, 0.2) is 0 Å². The van der Waals surface area contributed by atoms with Crippen LogP contribution in [0.15, 0.2) is 0 Å². The fourth-order valence-electron chi connectivity index (χ4n) is 1.03. The summed E-state index contributed by atoms with van der Waals surface area (Å²) in [4.78, 5) is 34.4. The highest BCUT2D eigenvalue weighted by molar-refractivity contribution is 8.14. The second-order valence-electron chi connectivity index (χ2n) is 3.01. The van der Waals surface area contributed by atoms with Crippen molar-refractivity contribution in [1.29, 1.82) is 0 Å². The first-order valence-electron chi connectivity index (χ1n) is 4.41. The predicted molar refractivity (Wildman–Crippen MR) is 57.9 cm³/mol. The van der Waals surface area contributed by atoms with E-state index in [1.54, 1.807) is 6.92 Å². The number of nitrogens with zero attached hydrogens (tertiary/aromatic N) is 1. The Morgan fingerprint density at radius 1 is 1.67 bits per heavy atom. The molecule has 0 aromatic heterocycles. The summed E-state index contributed by atoms with van der Waals surface area (Å²) in [5.74, 6) is -0.319. The molecule has 5 nitrogen and oxygen atoms in total. The van der Waals surface area contributed by atoms with Crippen molar-refractivity contribution in [1.82, 2.24) is 10.2 Å². The van der Waals surface area contributed by atoms with Gasteiger partial charge in [-0.1, -0.05) is 11.8 Å². The molecule has 1 heterocycles. The molecule has 0 spiro atoms. The quantitative estimate of drug-likeness (QED) is 0.735. The summed E-state index contributed by atoms with van der Waals surface area (Å²) >= 11 is 6.49. The molecule has 84 valence electrons. The number of carbonyl (C=O) groups is 3. The van der Waals surface area contributed by atoms with Gasteiger partial charge in [0.05, 0.1) is 5.75 Å². The Morgan fingerprint density at radius 2 is 2.33 bits per heavy atom. The summed E-state index contributed by atoms with van der Waals surface area (Å²) in [7, 11) is 0. The third-order valence-electron chi connectivity index (χ3n) is 1.84. The van der Waals surface area contributed by atoms with E-state index in [-0.39, 0.29) is 35.9 Å². The lowest BCUT2D eigenvalue weighted by atomic mass is 10.4. The lowest BCUT2D eigenvalue weighted by Gasteiger charge is -2.13. The molecular weight excluding hydrogens is 240 g/mol. The summed E-state index contributed by atoms with van der Waals surface area (Å²) in [6.07, 6.45) is 0. The molecule has 1 fully saturated rings. The highest BCUT2D eigenvalue weighted by atomic mass is 35.5. The molecule has 0 unspecified atom stereocenters. The van der Waals surface area contributed by atoms with E-state index in [1.807, 2.05) is 0 Å². The van der Waals surface area contributed by atoms with E-state index in [9.17, 15) is 14.4 Å². The molecular formula is C8H11ClN2O3S. The van der Waals surface area contributed by atoms with Gasteiger partial charge in [0.2, 0.25) is 11.8 Å². The maximum atomic E-state index is 11.1. The van der Waals surface area contributed by atoms with Gasteiger partial charge in [-0.3, -0.25) is 19.3 Å². The van der Waals surface area contributed by atoms with Crippen molar-refractivity contribution < 1.29 is 14.4 Å². The lowest BCUT2D eigenvalue weighted by molar-refractivity contribution is -0.125. The number of imide groups is 1. The van der Waals surface area contributed by atoms with Crippen LogP contribution in [0, 0.1) is 0 Å². The Hall–Kier alpha value is -0.750. The van der Waals surface area contributed by atoms with Crippen LogP contribution in [0.2, 0.25) is 0 Å². The summed E-state index contributed by atoms with van der Waals surface area (Å²) in [6, 6.07) is 0. The molecule has 1 rings (SSSR count). The molecule has 0 aromatic carbocycles. The smallest absolute Gasteiger partial charge is 0.288 e. The van der Waals surface area contributed by atoms with Crippen LogP contribution in [0.25, 0.3) is 0 Å². The Balaban J connectivity index is 2.28. The number of amides is 3. The fourth-order valence-corrected chi connectivity index (χ4v) is 1.86. The minimum absolute atomic E-state index is 0.193. The molecule has 1 aliphatic heterocycles. The monoisotopic (exact) mass is 250 g/mol. The fraction of sp³-hybridized carbons (Fsp3) is 0.625. The van der Waals surface area contributed by atoms with E-state index in [2.05, 4.69) is 5.32 Å². The Bertz CT molecular complexity index is 280. The summed E-state index contributed by atoms with van der Waals surface area (Å²) in [5, 5.41) is 1.66. The van der Waals surface area contributed by atoms with Gasteiger partial charge in [-0.25, -0.2) is 0 Å². The lowest BCUT2D eigenvalue weighted by Crippen LogP contribution is -2.39. The molecule has 15 heavy (non-hydrogen) atoms. The van der Waals surface area contributed by atoms with Crippen LogP contribution < -0.4 is 5.32 Å². The van der Waals surface area contributed by atoms with Gasteiger partial charge < -0.3 is 5.32 Å². The number of hydrogen-bond donors (Lipinski definition) is 1. The first-order valence-corrected chi connectivity index (χ1v) is 5.83. The van der Waals surface area contributed by atoms with Crippen LogP contribution in [0.1, 0.15) is 6.92 Å². The summed E-state index contributed by atoms with van der Waals surface area (Å²) in [6.45, 7) is 2.01. The topological polar surface area (TPSA) is 66.5 Å². The second kappa shape index (κ2) is 5.37. The molecule has 7 heteroatoms. The summed E-state index contributed by atoms with van der Waals surface area (Å²) in [5.41, 5.74) is 0. The molecule has 1 saturated heterocycles. The zero-order valence-corrected chi connectivity index (χ0v) is 9.73. The minimum Gasteiger partial charge on any atom is -0.353 e. The number of rotatable bonds is 4. The number of nitrogens with one attached hydrogen (secondary N) is 1. The molecule has 0 saturated carbocycles. The standard InChI is InChI=1S/C8H11ClN2O3S/c1-5(9)7(13)10-2-3-11-6(12)4-15-8(11)14/h5H,2-4H2,1H3,(H,10,13)/t5-/m1/s1. The summed E-state index contributed by atoms with van der Waals surface area (Å²) < 4.78 is 0. The number of halogens is 1. The van der Waals surface area contributed by atoms with Crippen molar-refractivity contribution in [3.63, 3.8) is 0 Å². The molecule has 3 amide bonds. The SMILES string of the molecule is C[C@@H](Cl)C(=O)NCCN1C(=O)CSC1=O. The minimum atomic E-state index is -0.607. The van der Waals surface area contributed by atoms with Crippen molar-refractivity contribution in [3.8, 4) is 0 Å². The molecule has 1 aliphatic rings. The van der Waals surface area contributed by atoms with E-state index in [4.69, 9.17) is 11.6 Å². The van der Waals surface area contributed by atoms with Gasteiger partial charge >= 0.3 is 0 Å². The van der Waals surface area contributed by atoms with Crippen LogP contribution >= 0.6 is 23.4 Å². The predicted octanol–water partition coefficient (Wildman–Crippen LogP) is 0.425. The maximum Gasteiger partial charge on any atom is 0.288 e. The Kier molecular flexibility index (Phi) is 4.41. The first kappa shape index (κ1) is 12.3. The molecule has 0 radical (unpaired) electrons. The maximum absolute atomic E-state index is 11.1. The van der Waals surface area contributed by atoms with Crippen molar-refractivity contribution in [2.45, 2.75) is 12.3 Å². The number of alkyl halides is 1. The van der Waals surface area contributed by atoms with Crippen LogP contribution in [-0.2, 0) is 9.59 Å². The van der Waals surface area contributed by atoms with Gasteiger partial charge in [0.1, 0.15) is 5.38 Å². The Labute approximate surface area is 96.5 Å². The van der Waals surface area contributed by atoms with Gasteiger partial charge in [-0.2, -0.15) is 0 Å². The molecule has 0 aliphatic carbocycles. The largest absolute Gasteiger partial charge is 0.353 e. The van der Waals surface area contributed by atoms with Gasteiger partial charge in [0.25, 0.3) is 5.24 Å². The zero-order chi connectivity index (χ0) is 11.4. The van der Waals surface area contributed by atoms with Gasteiger partial charge in [0, 0.05) is 13.1 Å². The number of hydrogen-bond acceptors (Lipinski definition) is 4. The molecule has 1 N–H and O–H groups in total.